The van der Waals surface area contributed by atoms with Crippen LogP contribution in [0.3, 0.4) is 0 Å². The molecule has 0 radical (unpaired) electrons. The van der Waals surface area contributed by atoms with E-state index in [0.29, 0.717) is 0 Å². The van der Waals surface area contributed by atoms with Crippen LogP contribution in [0.15, 0.2) is 42.5 Å². The maximum absolute atomic E-state index is 6.02. The van der Waals surface area contributed by atoms with Gasteiger partial charge in [-0.05, 0) is 61.7 Å². The van der Waals surface area contributed by atoms with Crippen LogP contribution in [-0.2, 0) is 0 Å². The molecule has 21 heavy (non-hydrogen) atoms. The Morgan fingerprint density at radius 3 is 2.52 bits per heavy atom. The number of fused-ring (bicyclic) bond motifs is 1. The molecule has 0 saturated carbocycles. The van der Waals surface area contributed by atoms with E-state index in [-0.39, 0.29) is 6.10 Å². The molecule has 0 aliphatic heterocycles. The minimum Gasteiger partial charge on any atom is -0.491 e. The molecule has 0 heterocycles. The Morgan fingerprint density at radius 1 is 1.00 bits per heavy atom. The zero-order valence-corrected chi connectivity index (χ0v) is 13.4. The maximum Gasteiger partial charge on any atom is 0.120 e. The molecule has 0 fully saturated rings. The first kappa shape index (κ1) is 15.8. The zero-order chi connectivity index (χ0) is 15.1. The quantitative estimate of drug-likeness (QED) is 0.714. The predicted octanol–water partition coefficient (Wildman–Crippen LogP) is 4.63. The third kappa shape index (κ3) is 5.39. The zero-order valence-electron chi connectivity index (χ0n) is 13.4. The number of hydrogen-bond acceptors (Lipinski definition) is 2. The molecule has 0 saturated heterocycles. The third-order valence-corrected chi connectivity index (χ3v) is 3.57. The summed E-state index contributed by atoms with van der Waals surface area (Å²) in [4.78, 5) is 0. The van der Waals surface area contributed by atoms with Crippen LogP contribution in [0.2, 0.25) is 0 Å². The Hall–Kier alpha value is -1.54. The Bertz CT molecular complexity index is 550. The normalized spacial score (nSPS) is 12.8. The van der Waals surface area contributed by atoms with Gasteiger partial charge in [-0.2, -0.15) is 0 Å². The van der Waals surface area contributed by atoms with Crippen molar-refractivity contribution >= 4 is 10.8 Å². The predicted molar refractivity (Wildman–Crippen MR) is 91.0 cm³/mol. The summed E-state index contributed by atoms with van der Waals surface area (Å²) in [5.41, 5.74) is 0. The molecule has 0 aliphatic rings. The Balaban J connectivity index is 1.77. The first-order valence-corrected chi connectivity index (χ1v) is 8.01. The van der Waals surface area contributed by atoms with E-state index in [4.69, 9.17) is 4.74 Å². The molecule has 0 spiro atoms. The average Bonchev–Trinajstić information content (AvgIpc) is 2.46. The standard InChI is InChI=1S/C19H27NO/c1-15(2)14-20-12-6-7-16(3)21-19-11-10-17-8-4-5-9-18(17)13-19/h4-5,8-11,13,15-16,20H,6-7,12,14H2,1-3H3. The van der Waals surface area contributed by atoms with Crippen LogP contribution in [0, 0.1) is 5.92 Å². The van der Waals surface area contributed by atoms with Gasteiger partial charge in [0.2, 0.25) is 0 Å². The van der Waals surface area contributed by atoms with E-state index in [0.717, 1.165) is 37.6 Å². The van der Waals surface area contributed by atoms with Crippen molar-refractivity contribution in [3.63, 3.8) is 0 Å². The number of ether oxygens (including phenoxy) is 1. The second-order valence-electron chi connectivity index (χ2n) is 6.18. The molecule has 1 N–H and O–H groups in total. The molecular weight excluding hydrogens is 258 g/mol. The largest absolute Gasteiger partial charge is 0.491 e. The van der Waals surface area contributed by atoms with Crippen LogP contribution >= 0.6 is 0 Å². The highest BCUT2D eigenvalue weighted by Gasteiger charge is 2.05. The minimum absolute atomic E-state index is 0.256. The van der Waals surface area contributed by atoms with Gasteiger partial charge in [-0.15, -0.1) is 0 Å². The van der Waals surface area contributed by atoms with E-state index in [1.54, 1.807) is 0 Å². The Labute approximate surface area is 128 Å². The van der Waals surface area contributed by atoms with Gasteiger partial charge in [-0.3, -0.25) is 0 Å². The lowest BCUT2D eigenvalue weighted by molar-refractivity contribution is 0.207. The van der Waals surface area contributed by atoms with Gasteiger partial charge in [-0.1, -0.05) is 44.2 Å². The Morgan fingerprint density at radius 2 is 1.76 bits per heavy atom. The summed E-state index contributed by atoms with van der Waals surface area (Å²) in [5, 5.41) is 5.97. The summed E-state index contributed by atoms with van der Waals surface area (Å²) in [6.07, 6.45) is 2.49. The summed E-state index contributed by atoms with van der Waals surface area (Å²) in [6, 6.07) is 14.7. The lowest BCUT2D eigenvalue weighted by Gasteiger charge is -2.15. The fourth-order valence-corrected chi connectivity index (χ4v) is 2.44. The molecule has 0 bridgehead atoms. The molecule has 0 aromatic heterocycles. The lowest BCUT2D eigenvalue weighted by Crippen LogP contribution is -2.22. The molecule has 114 valence electrons. The molecule has 1 unspecified atom stereocenters. The van der Waals surface area contributed by atoms with E-state index in [1.165, 1.54) is 10.8 Å². The number of hydrogen-bond donors (Lipinski definition) is 1. The molecule has 2 nitrogen and oxygen atoms in total. The summed E-state index contributed by atoms with van der Waals surface area (Å²) in [7, 11) is 0. The van der Waals surface area contributed by atoms with E-state index in [1.807, 2.05) is 0 Å². The van der Waals surface area contributed by atoms with Crippen molar-refractivity contribution in [3.05, 3.63) is 42.5 Å². The van der Waals surface area contributed by atoms with E-state index < -0.39 is 0 Å². The van der Waals surface area contributed by atoms with Crippen molar-refractivity contribution in [2.75, 3.05) is 13.1 Å². The molecule has 2 aromatic carbocycles. The number of benzene rings is 2. The van der Waals surface area contributed by atoms with Gasteiger partial charge in [0, 0.05) is 0 Å². The molecule has 2 heteroatoms. The summed E-state index contributed by atoms with van der Waals surface area (Å²) < 4.78 is 6.02. The van der Waals surface area contributed by atoms with Crippen molar-refractivity contribution in [3.8, 4) is 5.75 Å². The minimum atomic E-state index is 0.256. The highest BCUT2D eigenvalue weighted by atomic mass is 16.5. The van der Waals surface area contributed by atoms with E-state index in [9.17, 15) is 0 Å². The summed E-state index contributed by atoms with van der Waals surface area (Å²) >= 11 is 0. The molecular formula is C19H27NO. The molecule has 0 aliphatic carbocycles. The van der Waals surface area contributed by atoms with Gasteiger partial charge >= 0.3 is 0 Å². The van der Waals surface area contributed by atoms with E-state index in [2.05, 4.69) is 68.6 Å². The molecule has 2 rings (SSSR count). The van der Waals surface area contributed by atoms with Gasteiger partial charge < -0.3 is 10.1 Å². The first-order valence-electron chi connectivity index (χ1n) is 8.01. The van der Waals surface area contributed by atoms with Crippen LogP contribution in [-0.4, -0.2) is 19.2 Å². The van der Waals surface area contributed by atoms with Crippen molar-refractivity contribution in [1.29, 1.82) is 0 Å². The lowest BCUT2D eigenvalue weighted by atomic mass is 10.1. The highest BCUT2D eigenvalue weighted by molar-refractivity contribution is 5.83. The second-order valence-corrected chi connectivity index (χ2v) is 6.18. The van der Waals surface area contributed by atoms with Gasteiger partial charge in [0.05, 0.1) is 6.10 Å². The van der Waals surface area contributed by atoms with Crippen molar-refractivity contribution in [2.24, 2.45) is 5.92 Å². The van der Waals surface area contributed by atoms with Gasteiger partial charge in [0.1, 0.15) is 5.75 Å². The monoisotopic (exact) mass is 285 g/mol. The SMILES string of the molecule is CC(C)CNCCCC(C)Oc1ccc2ccccc2c1. The number of rotatable bonds is 8. The highest BCUT2D eigenvalue weighted by Crippen LogP contribution is 2.22. The average molecular weight is 285 g/mol. The smallest absolute Gasteiger partial charge is 0.120 e. The van der Waals surface area contributed by atoms with Crippen LogP contribution in [0.4, 0.5) is 0 Å². The first-order chi connectivity index (χ1) is 10.1. The Kier molecular flexibility index (Phi) is 6.06. The van der Waals surface area contributed by atoms with Gasteiger partial charge in [0.25, 0.3) is 0 Å². The van der Waals surface area contributed by atoms with Gasteiger partial charge in [0.15, 0.2) is 0 Å². The van der Waals surface area contributed by atoms with Crippen molar-refractivity contribution in [1.82, 2.24) is 5.32 Å². The second kappa shape index (κ2) is 8.04. The van der Waals surface area contributed by atoms with Gasteiger partial charge in [-0.25, -0.2) is 0 Å². The van der Waals surface area contributed by atoms with Crippen LogP contribution in [0.1, 0.15) is 33.6 Å². The molecule has 1 atom stereocenters. The number of nitrogens with one attached hydrogen (secondary N) is 1. The fourth-order valence-electron chi connectivity index (χ4n) is 2.44. The van der Waals surface area contributed by atoms with Crippen LogP contribution < -0.4 is 10.1 Å². The summed E-state index contributed by atoms with van der Waals surface area (Å²) in [5.74, 6) is 1.69. The van der Waals surface area contributed by atoms with Crippen molar-refractivity contribution < 1.29 is 4.74 Å². The third-order valence-electron chi connectivity index (χ3n) is 3.57. The van der Waals surface area contributed by atoms with Crippen LogP contribution in [0.25, 0.3) is 10.8 Å². The van der Waals surface area contributed by atoms with Crippen LogP contribution in [0.5, 0.6) is 5.75 Å². The molecule has 0 amide bonds. The molecule has 2 aromatic rings. The van der Waals surface area contributed by atoms with E-state index >= 15 is 0 Å². The summed E-state index contributed by atoms with van der Waals surface area (Å²) in [6.45, 7) is 8.79. The maximum atomic E-state index is 6.02. The topological polar surface area (TPSA) is 21.3 Å². The fraction of sp³-hybridized carbons (Fsp3) is 0.474. The van der Waals surface area contributed by atoms with Crippen molar-refractivity contribution in [2.45, 2.75) is 39.7 Å².